The van der Waals surface area contributed by atoms with Crippen LogP contribution in [-0.2, 0) is 21.2 Å². The third-order valence-electron chi connectivity index (χ3n) is 3.74. The standard InChI is InChI=1S/C17H17ClN2O3S2/c18-13-3-1-12(2-4-13)7-9-19-25(22,23)14-5-6-16-15(11-14)20-17(21)8-10-24-16/h1-6,11,19H,7-10H2,(H,20,21). The first-order chi connectivity index (χ1) is 11.9. The molecule has 0 bridgehead atoms. The number of nitrogens with one attached hydrogen (secondary N) is 2. The van der Waals surface area contributed by atoms with Crippen LogP contribution < -0.4 is 10.0 Å². The number of carbonyl (C=O) groups excluding carboxylic acids is 1. The number of hydrogen-bond donors (Lipinski definition) is 2. The highest BCUT2D eigenvalue weighted by Gasteiger charge is 2.19. The number of halogens is 1. The van der Waals surface area contributed by atoms with Crippen LogP contribution in [0.4, 0.5) is 5.69 Å². The highest BCUT2D eigenvalue weighted by atomic mass is 35.5. The number of thioether (sulfide) groups is 1. The third-order valence-corrected chi connectivity index (χ3v) is 6.53. The second kappa shape index (κ2) is 7.78. The van der Waals surface area contributed by atoms with Crippen molar-refractivity contribution in [3.63, 3.8) is 0 Å². The van der Waals surface area contributed by atoms with Gasteiger partial charge in [-0.05, 0) is 42.3 Å². The van der Waals surface area contributed by atoms with Crippen LogP contribution in [0.3, 0.4) is 0 Å². The zero-order valence-corrected chi connectivity index (χ0v) is 15.7. The highest BCUT2D eigenvalue weighted by Crippen LogP contribution is 2.32. The van der Waals surface area contributed by atoms with Gasteiger partial charge in [0, 0.05) is 28.6 Å². The van der Waals surface area contributed by atoms with Crippen molar-refractivity contribution in [1.82, 2.24) is 4.72 Å². The molecule has 1 aliphatic heterocycles. The Labute approximate surface area is 156 Å². The van der Waals surface area contributed by atoms with Gasteiger partial charge < -0.3 is 5.32 Å². The van der Waals surface area contributed by atoms with Crippen LogP contribution in [0.25, 0.3) is 0 Å². The maximum atomic E-state index is 12.5. The number of sulfonamides is 1. The molecule has 0 saturated heterocycles. The Morgan fingerprint density at radius 3 is 2.68 bits per heavy atom. The second-order valence-electron chi connectivity index (χ2n) is 5.58. The van der Waals surface area contributed by atoms with Gasteiger partial charge in [-0.2, -0.15) is 0 Å². The van der Waals surface area contributed by atoms with Crippen molar-refractivity contribution in [2.45, 2.75) is 22.6 Å². The molecule has 2 aromatic carbocycles. The summed E-state index contributed by atoms with van der Waals surface area (Å²) in [6.07, 6.45) is 0.981. The molecular formula is C17H17ClN2O3S2. The number of rotatable bonds is 5. The molecule has 1 amide bonds. The SMILES string of the molecule is O=C1CCSc2ccc(S(=O)(=O)NCCc3ccc(Cl)cc3)cc2N1. The van der Waals surface area contributed by atoms with Crippen LogP contribution in [0.15, 0.2) is 52.3 Å². The summed E-state index contributed by atoms with van der Waals surface area (Å²) in [5.41, 5.74) is 1.55. The predicted octanol–water partition coefficient (Wildman–Crippen LogP) is 3.30. The summed E-state index contributed by atoms with van der Waals surface area (Å²) >= 11 is 7.37. The van der Waals surface area contributed by atoms with Crippen molar-refractivity contribution in [2.24, 2.45) is 0 Å². The summed E-state index contributed by atoms with van der Waals surface area (Å²) in [6, 6.07) is 12.1. The molecule has 2 N–H and O–H groups in total. The van der Waals surface area contributed by atoms with E-state index in [4.69, 9.17) is 11.6 Å². The molecule has 1 heterocycles. The quantitative estimate of drug-likeness (QED) is 0.813. The predicted molar refractivity (Wildman–Crippen MR) is 101 cm³/mol. The lowest BCUT2D eigenvalue weighted by Crippen LogP contribution is -2.26. The van der Waals surface area contributed by atoms with Gasteiger partial charge in [-0.1, -0.05) is 23.7 Å². The van der Waals surface area contributed by atoms with Crippen molar-refractivity contribution in [2.75, 3.05) is 17.6 Å². The Hall–Kier alpha value is -1.54. The van der Waals surface area contributed by atoms with E-state index in [1.165, 1.54) is 17.8 Å². The van der Waals surface area contributed by atoms with Gasteiger partial charge in [-0.3, -0.25) is 4.79 Å². The lowest BCUT2D eigenvalue weighted by atomic mass is 10.2. The summed E-state index contributed by atoms with van der Waals surface area (Å²) in [6.45, 7) is 0.280. The number of hydrogen-bond acceptors (Lipinski definition) is 4. The van der Waals surface area contributed by atoms with Gasteiger partial charge in [0.1, 0.15) is 0 Å². The van der Waals surface area contributed by atoms with Crippen molar-refractivity contribution in [1.29, 1.82) is 0 Å². The van der Waals surface area contributed by atoms with E-state index in [1.54, 1.807) is 24.3 Å². The minimum absolute atomic E-state index is 0.100. The van der Waals surface area contributed by atoms with Gasteiger partial charge in [0.15, 0.2) is 0 Å². The van der Waals surface area contributed by atoms with E-state index in [0.29, 0.717) is 29.3 Å². The highest BCUT2D eigenvalue weighted by molar-refractivity contribution is 7.99. The van der Waals surface area contributed by atoms with Gasteiger partial charge >= 0.3 is 0 Å². The number of fused-ring (bicyclic) bond motifs is 1. The van der Waals surface area contributed by atoms with Crippen LogP contribution in [0.5, 0.6) is 0 Å². The molecule has 3 rings (SSSR count). The largest absolute Gasteiger partial charge is 0.325 e. The van der Waals surface area contributed by atoms with E-state index < -0.39 is 10.0 Å². The van der Waals surface area contributed by atoms with Gasteiger partial charge in [-0.15, -0.1) is 11.8 Å². The van der Waals surface area contributed by atoms with E-state index in [0.717, 1.165) is 10.5 Å². The fraction of sp³-hybridized carbons (Fsp3) is 0.235. The summed E-state index contributed by atoms with van der Waals surface area (Å²) in [7, 11) is -3.64. The summed E-state index contributed by atoms with van der Waals surface area (Å²) < 4.78 is 27.5. The smallest absolute Gasteiger partial charge is 0.240 e. The fourth-order valence-corrected chi connectivity index (χ4v) is 4.55. The van der Waals surface area contributed by atoms with Crippen LogP contribution in [0.2, 0.25) is 5.02 Å². The molecule has 0 spiro atoms. The molecule has 2 aromatic rings. The summed E-state index contributed by atoms with van der Waals surface area (Å²) in [5.74, 6) is 0.584. The molecule has 0 atom stereocenters. The van der Waals surface area contributed by atoms with Gasteiger partial charge in [0.25, 0.3) is 0 Å². The maximum absolute atomic E-state index is 12.5. The Kier molecular flexibility index (Phi) is 5.68. The number of amides is 1. The van der Waals surface area contributed by atoms with E-state index in [1.807, 2.05) is 12.1 Å². The molecule has 0 aliphatic carbocycles. The van der Waals surface area contributed by atoms with Gasteiger partial charge in [0.05, 0.1) is 10.6 Å². The molecule has 5 nitrogen and oxygen atoms in total. The summed E-state index contributed by atoms with van der Waals surface area (Å²) in [5, 5.41) is 3.41. The number of carbonyl (C=O) groups is 1. The monoisotopic (exact) mass is 396 g/mol. The van der Waals surface area contributed by atoms with Crippen molar-refractivity contribution >= 4 is 45.0 Å². The van der Waals surface area contributed by atoms with E-state index in [-0.39, 0.29) is 17.3 Å². The van der Waals surface area contributed by atoms with E-state index in [2.05, 4.69) is 10.0 Å². The Morgan fingerprint density at radius 2 is 1.92 bits per heavy atom. The van der Waals surface area contributed by atoms with Crippen molar-refractivity contribution in [3.8, 4) is 0 Å². The molecule has 0 unspecified atom stereocenters. The topological polar surface area (TPSA) is 75.3 Å². The van der Waals surface area contributed by atoms with Crippen molar-refractivity contribution < 1.29 is 13.2 Å². The molecule has 0 saturated carbocycles. The second-order valence-corrected chi connectivity index (χ2v) is 8.92. The lowest BCUT2D eigenvalue weighted by Gasteiger charge is -2.11. The number of benzene rings is 2. The fourth-order valence-electron chi connectivity index (χ4n) is 2.43. The zero-order chi connectivity index (χ0) is 17.9. The molecule has 0 fully saturated rings. The lowest BCUT2D eigenvalue weighted by molar-refractivity contribution is -0.115. The van der Waals surface area contributed by atoms with Gasteiger partial charge in [-0.25, -0.2) is 13.1 Å². The average molecular weight is 397 g/mol. The van der Waals surface area contributed by atoms with Crippen LogP contribution in [-0.4, -0.2) is 26.6 Å². The minimum atomic E-state index is -3.64. The van der Waals surface area contributed by atoms with Crippen LogP contribution >= 0.6 is 23.4 Å². The average Bonchev–Trinajstić information content (AvgIpc) is 2.76. The van der Waals surface area contributed by atoms with E-state index in [9.17, 15) is 13.2 Å². The molecule has 0 radical (unpaired) electrons. The normalized spacial score (nSPS) is 14.5. The van der Waals surface area contributed by atoms with E-state index >= 15 is 0 Å². The minimum Gasteiger partial charge on any atom is -0.325 e. The molecule has 0 aromatic heterocycles. The maximum Gasteiger partial charge on any atom is 0.240 e. The first kappa shape index (κ1) is 18.3. The van der Waals surface area contributed by atoms with Gasteiger partial charge in [0.2, 0.25) is 15.9 Å². The molecule has 1 aliphatic rings. The molecule has 8 heteroatoms. The Balaban J connectivity index is 1.69. The first-order valence-electron chi connectivity index (χ1n) is 7.75. The molecule has 132 valence electrons. The third kappa shape index (κ3) is 4.76. The molecular weight excluding hydrogens is 380 g/mol. The van der Waals surface area contributed by atoms with Crippen molar-refractivity contribution in [3.05, 3.63) is 53.1 Å². The van der Waals surface area contributed by atoms with Crippen LogP contribution in [0, 0.1) is 0 Å². The Bertz CT molecular complexity index is 883. The Morgan fingerprint density at radius 1 is 1.16 bits per heavy atom. The molecule has 25 heavy (non-hydrogen) atoms. The number of anilines is 1. The zero-order valence-electron chi connectivity index (χ0n) is 13.3. The summed E-state index contributed by atoms with van der Waals surface area (Å²) in [4.78, 5) is 12.7. The van der Waals surface area contributed by atoms with Crippen LogP contribution in [0.1, 0.15) is 12.0 Å². The first-order valence-corrected chi connectivity index (χ1v) is 10.6.